The Bertz CT molecular complexity index is 1230. The van der Waals surface area contributed by atoms with E-state index in [2.05, 4.69) is 4.90 Å². The largest absolute Gasteiger partial charge is 0.494 e. The number of benzene rings is 2. The van der Waals surface area contributed by atoms with Crippen LogP contribution in [-0.4, -0.2) is 82.1 Å². The number of carbonyl (C=O) groups is 1. The van der Waals surface area contributed by atoms with Crippen molar-refractivity contribution in [3.05, 3.63) is 35.4 Å². The van der Waals surface area contributed by atoms with Gasteiger partial charge in [0.2, 0.25) is 5.75 Å². The number of hydrogen-bond donors (Lipinski definition) is 0. The molecule has 0 saturated carbocycles. The fourth-order valence-corrected chi connectivity index (χ4v) is 5.68. The highest BCUT2D eigenvalue weighted by Crippen LogP contribution is 2.41. The van der Waals surface area contributed by atoms with Gasteiger partial charge in [0.15, 0.2) is 16.6 Å². The lowest BCUT2D eigenvalue weighted by Gasteiger charge is -2.28. The molecule has 10 heteroatoms. The lowest BCUT2D eigenvalue weighted by Crippen LogP contribution is -2.39. The van der Waals surface area contributed by atoms with Gasteiger partial charge in [-0.15, -0.1) is 0 Å². The predicted octanol–water partition coefficient (Wildman–Crippen LogP) is 5.18. The van der Waals surface area contributed by atoms with Gasteiger partial charge in [-0.1, -0.05) is 17.4 Å². The molecule has 39 heavy (non-hydrogen) atoms. The number of carbonyl (C=O) groups excluding carboxylic acids is 1. The molecule has 0 N–H and O–H groups in total. The summed E-state index contributed by atoms with van der Waals surface area (Å²) in [6.45, 7) is 13.8. The number of aromatic nitrogens is 1. The number of hydrogen-bond acceptors (Lipinski definition) is 9. The summed E-state index contributed by atoms with van der Waals surface area (Å²) in [5.41, 5.74) is 2.31. The average Bonchev–Trinajstić information content (AvgIpc) is 3.39. The lowest BCUT2D eigenvalue weighted by atomic mass is 10.1. The van der Waals surface area contributed by atoms with E-state index in [1.165, 1.54) is 11.3 Å². The minimum atomic E-state index is -0.169. The molecule has 1 aliphatic heterocycles. The number of morpholine rings is 1. The Morgan fingerprint density at radius 3 is 2.31 bits per heavy atom. The van der Waals surface area contributed by atoms with E-state index in [-0.39, 0.29) is 5.91 Å². The van der Waals surface area contributed by atoms with Crippen molar-refractivity contribution >= 4 is 32.6 Å². The number of nitrogens with zero attached hydrogens (tertiary/aromatic N) is 3. The van der Waals surface area contributed by atoms with E-state index >= 15 is 0 Å². The summed E-state index contributed by atoms with van der Waals surface area (Å²) in [5, 5.41) is 0.634. The molecule has 212 valence electrons. The van der Waals surface area contributed by atoms with Crippen molar-refractivity contribution in [3.8, 4) is 23.0 Å². The zero-order valence-electron chi connectivity index (χ0n) is 23.6. The second-order valence-corrected chi connectivity index (χ2v) is 10.1. The summed E-state index contributed by atoms with van der Waals surface area (Å²) in [6, 6.07) is 7.42. The summed E-state index contributed by atoms with van der Waals surface area (Å²) in [7, 11) is 1.64. The number of methoxy groups -OCH3 is 1. The van der Waals surface area contributed by atoms with Gasteiger partial charge in [0.25, 0.3) is 5.91 Å². The third-order valence-electron chi connectivity index (χ3n) is 6.50. The van der Waals surface area contributed by atoms with Gasteiger partial charge >= 0.3 is 0 Å². The first-order valence-electron chi connectivity index (χ1n) is 13.6. The Kier molecular flexibility index (Phi) is 10.2. The molecule has 4 rings (SSSR count). The van der Waals surface area contributed by atoms with Crippen LogP contribution in [0.15, 0.2) is 24.3 Å². The third-order valence-corrected chi connectivity index (χ3v) is 7.72. The number of thiazole rings is 1. The quantitative estimate of drug-likeness (QED) is 0.284. The number of anilines is 1. The molecule has 1 aromatic heterocycles. The topological polar surface area (TPSA) is 82.6 Å². The molecule has 9 nitrogen and oxygen atoms in total. The van der Waals surface area contributed by atoms with Crippen LogP contribution in [0.3, 0.4) is 0 Å². The van der Waals surface area contributed by atoms with Crippen molar-refractivity contribution in [1.29, 1.82) is 0 Å². The summed E-state index contributed by atoms with van der Waals surface area (Å²) in [5.74, 6) is 2.01. The van der Waals surface area contributed by atoms with Gasteiger partial charge in [0.1, 0.15) is 11.3 Å². The Morgan fingerprint density at radius 1 is 1.03 bits per heavy atom. The van der Waals surface area contributed by atoms with Gasteiger partial charge in [0, 0.05) is 31.7 Å². The standard InChI is InChI=1S/C29H39N3O6S/c1-6-36-23-18-21(19-24(37-7-2)26(23)38-8-3)28(33)32(13-9-12-31-14-16-35-17-15-31)29-30-25-22(34-5)11-10-20(4)27(25)39-29/h10-11,18-19H,6-9,12-17H2,1-5H3. The monoisotopic (exact) mass is 557 g/mol. The van der Waals surface area contributed by atoms with E-state index in [0.717, 1.165) is 55.0 Å². The highest BCUT2D eigenvalue weighted by atomic mass is 32.1. The molecule has 1 amide bonds. The molecule has 2 aromatic carbocycles. The molecular weight excluding hydrogens is 518 g/mol. The Hall–Kier alpha value is -3.08. The maximum Gasteiger partial charge on any atom is 0.260 e. The highest BCUT2D eigenvalue weighted by Gasteiger charge is 2.26. The van der Waals surface area contributed by atoms with Gasteiger partial charge in [-0.25, -0.2) is 4.98 Å². The fraction of sp³-hybridized carbons (Fsp3) is 0.517. The van der Waals surface area contributed by atoms with Crippen molar-refractivity contribution in [3.63, 3.8) is 0 Å². The van der Waals surface area contributed by atoms with Crippen molar-refractivity contribution in [2.45, 2.75) is 34.1 Å². The molecule has 1 fully saturated rings. The van der Waals surface area contributed by atoms with Gasteiger partial charge in [-0.05, 0) is 57.9 Å². The van der Waals surface area contributed by atoms with E-state index < -0.39 is 0 Å². The van der Waals surface area contributed by atoms with E-state index in [4.69, 9.17) is 28.7 Å². The minimum Gasteiger partial charge on any atom is -0.494 e. The maximum absolute atomic E-state index is 14.2. The molecule has 0 radical (unpaired) electrons. The first-order chi connectivity index (χ1) is 19.0. The molecule has 0 spiro atoms. The fourth-order valence-electron chi connectivity index (χ4n) is 4.61. The van der Waals surface area contributed by atoms with Crippen LogP contribution in [0.4, 0.5) is 5.13 Å². The van der Waals surface area contributed by atoms with Crippen molar-refractivity contribution in [2.75, 3.05) is 71.2 Å². The Morgan fingerprint density at radius 2 is 1.69 bits per heavy atom. The molecule has 0 atom stereocenters. The first kappa shape index (κ1) is 28.9. The molecule has 0 bridgehead atoms. The minimum absolute atomic E-state index is 0.169. The van der Waals surface area contributed by atoms with Crippen LogP contribution in [0.25, 0.3) is 10.2 Å². The molecular formula is C29H39N3O6S. The van der Waals surface area contributed by atoms with Crippen molar-refractivity contribution < 1.29 is 28.5 Å². The number of rotatable bonds is 13. The summed E-state index contributed by atoms with van der Waals surface area (Å²) >= 11 is 1.50. The molecule has 1 aliphatic rings. The van der Waals surface area contributed by atoms with Crippen LogP contribution in [0.5, 0.6) is 23.0 Å². The highest BCUT2D eigenvalue weighted by molar-refractivity contribution is 7.22. The van der Waals surface area contributed by atoms with Crippen LogP contribution >= 0.6 is 11.3 Å². The van der Waals surface area contributed by atoms with Crippen molar-refractivity contribution in [2.24, 2.45) is 0 Å². The van der Waals surface area contributed by atoms with Crippen LogP contribution in [0, 0.1) is 6.92 Å². The second kappa shape index (κ2) is 13.8. The average molecular weight is 558 g/mol. The second-order valence-electron chi connectivity index (χ2n) is 9.12. The maximum atomic E-state index is 14.2. The number of ether oxygens (including phenoxy) is 5. The summed E-state index contributed by atoms with van der Waals surface area (Å²) < 4.78 is 29.7. The summed E-state index contributed by atoms with van der Waals surface area (Å²) in [4.78, 5) is 23.2. The van der Waals surface area contributed by atoms with E-state index in [1.807, 2.05) is 39.8 Å². The molecule has 1 saturated heterocycles. The molecule has 3 aromatic rings. The van der Waals surface area contributed by atoms with Gasteiger partial charge in [-0.2, -0.15) is 0 Å². The van der Waals surface area contributed by atoms with Crippen LogP contribution in [-0.2, 0) is 4.74 Å². The summed E-state index contributed by atoms with van der Waals surface area (Å²) in [6.07, 6.45) is 0.797. The van der Waals surface area contributed by atoms with Crippen LogP contribution < -0.4 is 23.8 Å². The van der Waals surface area contributed by atoms with E-state index in [1.54, 1.807) is 24.1 Å². The Balaban J connectivity index is 1.72. The van der Waals surface area contributed by atoms with Crippen LogP contribution in [0.1, 0.15) is 43.1 Å². The van der Waals surface area contributed by atoms with Gasteiger partial charge in [-0.3, -0.25) is 14.6 Å². The number of fused-ring (bicyclic) bond motifs is 1. The predicted molar refractivity (Wildman–Crippen MR) is 154 cm³/mol. The first-order valence-corrected chi connectivity index (χ1v) is 14.4. The SMILES string of the molecule is CCOc1cc(C(=O)N(CCCN2CCOCC2)c2nc3c(OC)ccc(C)c3s2)cc(OCC)c1OCC. The third kappa shape index (κ3) is 6.74. The van der Waals surface area contributed by atoms with Gasteiger partial charge in [0.05, 0.1) is 44.8 Å². The van der Waals surface area contributed by atoms with E-state index in [9.17, 15) is 4.79 Å². The number of amides is 1. The smallest absolute Gasteiger partial charge is 0.260 e. The lowest BCUT2D eigenvalue weighted by molar-refractivity contribution is 0.0376. The van der Waals surface area contributed by atoms with E-state index in [0.29, 0.717) is 60.1 Å². The molecule has 0 unspecified atom stereocenters. The molecule has 0 aliphatic carbocycles. The van der Waals surface area contributed by atoms with Crippen molar-refractivity contribution in [1.82, 2.24) is 9.88 Å². The number of aryl methyl sites for hydroxylation is 1. The zero-order chi connectivity index (χ0) is 27.8. The Labute approximate surface area is 234 Å². The van der Waals surface area contributed by atoms with Crippen LogP contribution in [0.2, 0.25) is 0 Å². The molecule has 2 heterocycles. The van der Waals surface area contributed by atoms with Gasteiger partial charge < -0.3 is 23.7 Å². The zero-order valence-corrected chi connectivity index (χ0v) is 24.4. The normalized spacial score (nSPS) is 13.9.